The molecule has 0 bridgehead atoms. The van der Waals surface area contributed by atoms with Crippen LogP contribution in [0.1, 0.15) is 32.1 Å². The van der Waals surface area contributed by atoms with Gasteiger partial charge in [0, 0.05) is 19.0 Å². The lowest BCUT2D eigenvalue weighted by Gasteiger charge is -2.30. The lowest BCUT2D eigenvalue weighted by Crippen LogP contribution is -2.46. The molecule has 2 heterocycles. The summed E-state index contributed by atoms with van der Waals surface area (Å²) < 4.78 is 0. The molecule has 16 heavy (non-hydrogen) atoms. The van der Waals surface area contributed by atoms with E-state index in [1.54, 1.807) is 0 Å². The van der Waals surface area contributed by atoms with Gasteiger partial charge in [0.05, 0.1) is 0 Å². The van der Waals surface area contributed by atoms with Crippen molar-refractivity contribution in [3.05, 3.63) is 0 Å². The van der Waals surface area contributed by atoms with Gasteiger partial charge in [-0.15, -0.1) is 0 Å². The summed E-state index contributed by atoms with van der Waals surface area (Å²) in [5, 5.41) is 10.2. The zero-order valence-electron chi connectivity index (χ0n) is 9.29. The van der Waals surface area contributed by atoms with Crippen molar-refractivity contribution in [1.29, 1.82) is 0 Å². The average molecular weight is 223 g/mol. The van der Waals surface area contributed by atoms with Crippen molar-refractivity contribution in [1.82, 2.24) is 10.6 Å². The zero-order valence-corrected chi connectivity index (χ0v) is 9.29. The Morgan fingerprint density at radius 3 is 3.12 bits per heavy atom. The Hall–Kier alpha value is -1.10. The van der Waals surface area contributed by atoms with Crippen LogP contribution in [0.5, 0.6) is 0 Å². The van der Waals surface area contributed by atoms with Gasteiger partial charge in [-0.25, -0.2) is 0 Å². The Morgan fingerprint density at radius 2 is 2.44 bits per heavy atom. The number of carbonyl (C=O) groups is 1. The molecule has 5 nitrogen and oxygen atoms in total. The maximum atomic E-state index is 11.8. The lowest BCUT2D eigenvalue weighted by molar-refractivity contribution is -0.115. The molecule has 1 spiro atoms. The van der Waals surface area contributed by atoms with Crippen LogP contribution in [0, 0.1) is 0 Å². The quantitative estimate of drug-likeness (QED) is 0.701. The summed E-state index contributed by atoms with van der Waals surface area (Å²) in [6.45, 7) is 1.84. The minimum Gasteiger partial charge on any atom is -0.387 e. The van der Waals surface area contributed by atoms with E-state index < -0.39 is 0 Å². The standard InChI is InChI=1S/C11H17N3O2/c15-10(13-8-2-3-8)9-6-11(16-14-9)4-1-5-12-7-11/h8,12H,1-7H2,(H,13,15). The summed E-state index contributed by atoms with van der Waals surface area (Å²) in [6, 6.07) is 0.385. The molecule has 0 aromatic rings. The third-order valence-electron chi connectivity index (χ3n) is 3.45. The third-order valence-corrected chi connectivity index (χ3v) is 3.45. The SMILES string of the molecule is O=C(NC1CC1)C1=NOC2(CCCNC2)C1. The molecule has 0 radical (unpaired) electrons. The van der Waals surface area contributed by atoms with Crippen LogP contribution in [-0.4, -0.2) is 36.4 Å². The first-order valence-corrected chi connectivity index (χ1v) is 6.04. The van der Waals surface area contributed by atoms with E-state index in [-0.39, 0.29) is 11.5 Å². The van der Waals surface area contributed by atoms with E-state index in [9.17, 15) is 4.79 Å². The molecule has 1 saturated carbocycles. The summed E-state index contributed by atoms with van der Waals surface area (Å²) >= 11 is 0. The first-order chi connectivity index (χ1) is 7.77. The van der Waals surface area contributed by atoms with Crippen LogP contribution in [0.15, 0.2) is 5.16 Å². The number of amides is 1. The van der Waals surface area contributed by atoms with E-state index >= 15 is 0 Å². The number of piperidine rings is 1. The van der Waals surface area contributed by atoms with Crippen LogP contribution < -0.4 is 10.6 Å². The van der Waals surface area contributed by atoms with Gasteiger partial charge in [-0.05, 0) is 32.2 Å². The highest BCUT2D eigenvalue weighted by Gasteiger charge is 2.42. The van der Waals surface area contributed by atoms with Gasteiger partial charge in [-0.1, -0.05) is 5.16 Å². The number of oxime groups is 1. The topological polar surface area (TPSA) is 62.7 Å². The molecule has 3 rings (SSSR count). The molecule has 0 aromatic heterocycles. The predicted octanol–water partition coefficient (Wildman–Crippen LogP) is 0.163. The van der Waals surface area contributed by atoms with Crippen LogP contribution in [0.3, 0.4) is 0 Å². The molecular formula is C11H17N3O2. The molecule has 2 aliphatic heterocycles. The molecule has 1 aliphatic carbocycles. The highest BCUT2D eigenvalue weighted by Crippen LogP contribution is 2.30. The number of hydrogen-bond acceptors (Lipinski definition) is 4. The van der Waals surface area contributed by atoms with Crippen LogP contribution in [-0.2, 0) is 9.63 Å². The molecule has 1 saturated heterocycles. The highest BCUT2D eigenvalue weighted by atomic mass is 16.7. The first kappa shape index (κ1) is 10.1. The van der Waals surface area contributed by atoms with E-state index in [1.807, 2.05) is 0 Å². The minimum absolute atomic E-state index is 0.0371. The molecule has 1 atom stereocenters. The second-order valence-corrected chi connectivity index (χ2v) is 5.02. The van der Waals surface area contributed by atoms with Crippen LogP contribution >= 0.6 is 0 Å². The van der Waals surface area contributed by atoms with Crippen molar-refractivity contribution in [2.24, 2.45) is 5.16 Å². The normalized spacial score (nSPS) is 33.4. The van der Waals surface area contributed by atoms with Gasteiger partial charge in [0.2, 0.25) is 0 Å². The van der Waals surface area contributed by atoms with Crippen LogP contribution in [0.2, 0.25) is 0 Å². The number of rotatable bonds is 2. The maximum absolute atomic E-state index is 11.8. The molecule has 0 aromatic carbocycles. The molecule has 5 heteroatoms. The Kier molecular flexibility index (Phi) is 2.35. The summed E-state index contributed by atoms with van der Waals surface area (Å²) in [5.74, 6) is -0.0371. The fourth-order valence-electron chi connectivity index (χ4n) is 2.31. The van der Waals surface area contributed by atoms with E-state index in [0.717, 1.165) is 38.8 Å². The fraction of sp³-hybridized carbons (Fsp3) is 0.818. The smallest absolute Gasteiger partial charge is 0.269 e. The number of nitrogens with zero attached hydrogens (tertiary/aromatic N) is 1. The Morgan fingerprint density at radius 1 is 1.56 bits per heavy atom. The summed E-state index contributed by atoms with van der Waals surface area (Å²) in [7, 11) is 0. The first-order valence-electron chi connectivity index (χ1n) is 6.04. The second kappa shape index (κ2) is 3.73. The van der Waals surface area contributed by atoms with Gasteiger partial charge in [0.25, 0.3) is 5.91 Å². The van der Waals surface area contributed by atoms with E-state index in [1.165, 1.54) is 0 Å². The molecule has 2 fully saturated rings. The largest absolute Gasteiger partial charge is 0.387 e. The molecule has 88 valence electrons. The summed E-state index contributed by atoms with van der Waals surface area (Å²) in [6.07, 6.45) is 4.94. The maximum Gasteiger partial charge on any atom is 0.269 e. The van der Waals surface area contributed by atoms with E-state index in [0.29, 0.717) is 18.2 Å². The van der Waals surface area contributed by atoms with Crippen molar-refractivity contribution < 1.29 is 9.63 Å². The number of nitrogens with one attached hydrogen (secondary N) is 2. The highest BCUT2D eigenvalue weighted by molar-refractivity contribution is 6.39. The summed E-state index contributed by atoms with van der Waals surface area (Å²) in [5.41, 5.74) is 0.324. The van der Waals surface area contributed by atoms with Gasteiger partial charge in [0.1, 0.15) is 5.71 Å². The predicted molar refractivity (Wildman–Crippen MR) is 59.1 cm³/mol. The molecule has 1 unspecified atom stereocenters. The number of hydrogen-bond donors (Lipinski definition) is 2. The fourth-order valence-corrected chi connectivity index (χ4v) is 2.31. The Bertz CT molecular complexity index is 330. The van der Waals surface area contributed by atoms with Gasteiger partial charge in [-0.3, -0.25) is 4.79 Å². The number of carbonyl (C=O) groups excluding carboxylic acids is 1. The third kappa shape index (κ3) is 1.91. The van der Waals surface area contributed by atoms with Crippen molar-refractivity contribution in [3.8, 4) is 0 Å². The van der Waals surface area contributed by atoms with Crippen molar-refractivity contribution >= 4 is 11.6 Å². The monoisotopic (exact) mass is 223 g/mol. The molecule has 3 aliphatic rings. The minimum atomic E-state index is -0.242. The van der Waals surface area contributed by atoms with Gasteiger partial charge in [0.15, 0.2) is 5.60 Å². The molecule has 1 amide bonds. The average Bonchev–Trinajstić information content (AvgIpc) is 3.01. The van der Waals surface area contributed by atoms with E-state index in [2.05, 4.69) is 15.8 Å². The Balaban J connectivity index is 1.59. The molecular weight excluding hydrogens is 206 g/mol. The van der Waals surface area contributed by atoms with Gasteiger partial charge in [-0.2, -0.15) is 0 Å². The molecule has 2 N–H and O–H groups in total. The van der Waals surface area contributed by atoms with Crippen molar-refractivity contribution in [2.75, 3.05) is 13.1 Å². The van der Waals surface area contributed by atoms with Crippen LogP contribution in [0.25, 0.3) is 0 Å². The second-order valence-electron chi connectivity index (χ2n) is 5.02. The lowest BCUT2D eigenvalue weighted by atomic mass is 9.89. The van der Waals surface area contributed by atoms with Gasteiger partial charge >= 0.3 is 0 Å². The van der Waals surface area contributed by atoms with E-state index in [4.69, 9.17) is 4.84 Å². The zero-order chi connectivity index (χ0) is 11.0. The Labute approximate surface area is 94.6 Å². The van der Waals surface area contributed by atoms with Crippen molar-refractivity contribution in [2.45, 2.75) is 43.7 Å². The summed E-state index contributed by atoms with van der Waals surface area (Å²) in [4.78, 5) is 17.3. The van der Waals surface area contributed by atoms with Gasteiger partial charge < -0.3 is 15.5 Å². The van der Waals surface area contributed by atoms with Crippen molar-refractivity contribution in [3.63, 3.8) is 0 Å². The van der Waals surface area contributed by atoms with Crippen LogP contribution in [0.4, 0.5) is 0 Å².